The van der Waals surface area contributed by atoms with Gasteiger partial charge >= 0.3 is 0 Å². The third-order valence-electron chi connectivity index (χ3n) is 7.63. The summed E-state index contributed by atoms with van der Waals surface area (Å²) in [6.45, 7) is 1.95. The lowest BCUT2D eigenvalue weighted by atomic mass is 9.98. The van der Waals surface area contributed by atoms with E-state index in [2.05, 4.69) is 15.3 Å². The fourth-order valence-corrected chi connectivity index (χ4v) is 5.77. The van der Waals surface area contributed by atoms with E-state index in [1.165, 1.54) is 20.3 Å². The fourth-order valence-electron chi connectivity index (χ4n) is 5.27. The highest BCUT2D eigenvalue weighted by molar-refractivity contribution is 7.92. The van der Waals surface area contributed by atoms with Gasteiger partial charge in [-0.3, -0.25) is 14.1 Å². The van der Waals surface area contributed by atoms with E-state index in [1.807, 2.05) is 31.2 Å². The van der Waals surface area contributed by atoms with Crippen molar-refractivity contribution in [2.45, 2.75) is 32.1 Å². The Labute approximate surface area is 246 Å². The number of carbonyl (C=O) groups is 1. The Morgan fingerprint density at radius 3 is 2.49 bits per heavy atom. The maximum atomic E-state index is 14.5. The molecule has 1 N–H and O–H groups in total. The zero-order valence-corrected chi connectivity index (χ0v) is 24.7. The molecule has 2 aromatic carbocycles. The van der Waals surface area contributed by atoms with Crippen molar-refractivity contribution >= 4 is 32.6 Å². The second kappa shape index (κ2) is 10.3. The molecule has 0 radical (unpaired) electrons. The number of halogens is 2. The van der Waals surface area contributed by atoms with Gasteiger partial charge < -0.3 is 14.2 Å². The molecule has 0 atom stereocenters. The highest BCUT2D eigenvalue weighted by atomic mass is 32.2. The van der Waals surface area contributed by atoms with Crippen molar-refractivity contribution in [2.75, 3.05) is 24.7 Å². The summed E-state index contributed by atoms with van der Waals surface area (Å²) >= 11 is 0. The number of aryl methyl sites for hydroxylation is 2. The lowest BCUT2D eigenvalue weighted by Crippen LogP contribution is -2.25. The Hall–Kier alpha value is -4.58. The van der Waals surface area contributed by atoms with Crippen LogP contribution < -0.4 is 9.62 Å². The molecular weight excluding hydrogens is 578 g/mol. The van der Waals surface area contributed by atoms with Gasteiger partial charge in [0.1, 0.15) is 17.1 Å². The Bertz CT molecular complexity index is 2000. The van der Waals surface area contributed by atoms with Crippen LogP contribution in [0, 0.1) is 6.92 Å². The van der Waals surface area contributed by atoms with E-state index >= 15 is 0 Å². The monoisotopic (exact) mass is 606 g/mol. The third kappa shape index (κ3) is 5.05. The highest BCUT2D eigenvalue weighted by Gasteiger charge is 2.41. The molecule has 1 aliphatic rings. The summed E-state index contributed by atoms with van der Waals surface area (Å²) < 4.78 is 67.5. The molecule has 222 valence electrons. The number of nitrogens with one attached hydrogen (secondary N) is 1. The van der Waals surface area contributed by atoms with Crippen molar-refractivity contribution in [1.82, 2.24) is 15.3 Å². The third-order valence-corrected chi connectivity index (χ3v) is 8.82. The van der Waals surface area contributed by atoms with Crippen molar-refractivity contribution in [1.29, 1.82) is 0 Å². The normalized spacial score (nSPS) is 14.5. The molecule has 43 heavy (non-hydrogen) atoms. The van der Waals surface area contributed by atoms with Gasteiger partial charge in [0.25, 0.3) is 11.8 Å². The van der Waals surface area contributed by atoms with Crippen LogP contribution in [0.5, 0.6) is 0 Å². The molecule has 3 aromatic heterocycles. The molecule has 1 aliphatic carbocycles. The van der Waals surface area contributed by atoms with Crippen molar-refractivity contribution in [3.8, 4) is 34.0 Å². The zero-order chi connectivity index (χ0) is 30.7. The maximum Gasteiger partial charge on any atom is 0.293 e. The first-order valence-corrected chi connectivity index (χ1v) is 15.4. The average Bonchev–Trinajstić information content (AvgIpc) is 3.58. The number of hydrogen-bond acceptors (Lipinski definition) is 7. The van der Waals surface area contributed by atoms with E-state index < -0.39 is 21.9 Å². The summed E-state index contributed by atoms with van der Waals surface area (Å²) in [5, 5.41) is 3.10. The van der Waals surface area contributed by atoms with Crippen LogP contribution in [0.2, 0.25) is 0 Å². The van der Waals surface area contributed by atoms with Crippen LogP contribution in [0.15, 0.2) is 63.6 Å². The van der Waals surface area contributed by atoms with Crippen LogP contribution in [0.4, 0.5) is 14.5 Å². The zero-order valence-electron chi connectivity index (χ0n) is 23.9. The topological polar surface area (TPSA) is 119 Å². The smallest absolute Gasteiger partial charge is 0.293 e. The van der Waals surface area contributed by atoms with Crippen molar-refractivity contribution < 1.29 is 30.8 Å². The highest BCUT2D eigenvalue weighted by Crippen LogP contribution is 2.43. The largest absolute Gasteiger partial charge is 0.455 e. The average molecular weight is 607 g/mol. The molecule has 5 aromatic rings. The number of benzene rings is 2. The second-order valence-electron chi connectivity index (χ2n) is 10.6. The number of amides is 1. The standard InChI is InChI=1S/C31H28F2N4O5S/c1-17-7-9-18(10-8-17)27-26(29(38)34-2)21-15-20(23(16-25(21)41-27)37(3)43(4,39)40)22-14-19(11-13-35-22)30-36-28-24(42-30)6-5-12-31(28,32)33/h7-11,13-16H,5-6,12H2,1-4H3,(H,34,38). The summed E-state index contributed by atoms with van der Waals surface area (Å²) in [5.41, 5.74) is 3.22. The predicted molar refractivity (Wildman–Crippen MR) is 159 cm³/mol. The molecule has 0 unspecified atom stereocenters. The quantitative estimate of drug-likeness (QED) is 0.241. The van der Waals surface area contributed by atoms with Gasteiger partial charge in [-0.15, -0.1) is 0 Å². The number of nitrogens with zero attached hydrogens (tertiary/aromatic N) is 3. The van der Waals surface area contributed by atoms with Crippen LogP contribution >= 0.6 is 0 Å². The Morgan fingerprint density at radius 2 is 1.81 bits per heavy atom. The molecular formula is C31H28F2N4O5S. The van der Waals surface area contributed by atoms with E-state index in [4.69, 9.17) is 8.83 Å². The number of alkyl halides is 2. The minimum atomic E-state index is -3.74. The number of furan rings is 1. The molecule has 0 bridgehead atoms. The first-order valence-electron chi connectivity index (χ1n) is 13.6. The fraction of sp³-hybridized carbons (Fsp3) is 0.258. The summed E-state index contributed by atoms with van der Waals surface area (Å²) in [4.78, 5) is 21.8. The van der Waals surface area contributed by atoms with Gasteiger partial charge in [-0.25, -0.2) is 13.4 Å². The first-order chi connectivity index (χ1) is 20.4. The molecule has 9 nitrogen and oxygen atoms in total. The lowest BCUT2D eigenvalue weighted by molar-refractivity contribution is -0.0274. The van der Waals surface area contributed by atoms with Crippen LogP contribution in [0.1, 0.15) is 40.2 Å². The molecule has 12 heteroatoms. The van der Waals surface area contributed by atoms with E-state index in [1.54, 1.807) is 24.3 Å². The van der Waals surface area contributed by atoms with Crippen molar-refractivity contribution in [3.05, 3.63) is 77.3 Å². The Morgan fingerprint density at radius 1 is 1.07 bits per heavy atom. The number of carbonyl (C=O) groups excluding carboxylic acids is 1. The molecule has 0 saturated heterocycles. The number of fused-ring (bicyclic) bond motifs is 2. The second-order valence-corrected chi connectivity index (χ2v) is 12.6. The van der Waals surface area contributed by atoms with Crippen LogP contribution in [-0.4, -0.2) is 44.6 Å². The van der Waals surface area contributed by atoms with Gasteiger partial charge in [-0.1, -0.05) is 29.8 Å². The van der Waals surface area contributed by atoms with Gasteiger partial charge in [-0.2, -0.15) is 8.78 Å². The number of rotatable bonds is 6. The van der Waals surface area contributed by atoms with Crippen LogP contribution in [0.25, 0.3) is 45.0 Å². The van der Waals surface area contributed by atoms with E-state index in [-0.39, 0.29) is 35.0 Å². The molecule has 0 fully saturated rings. The molecule has 6 rings (SSSR count). The summed E-state index contributed by atoms with van der Waals surface area (Å²) in [6, 6.07) is 13.9. The summed E-state index contributed by atoms with van der Waals surface area (Å²) in [6.07, 6.45) is 2.89. The van der Waals surface area contributed by atoms with Crippen LogP contribution in [-0.2, 0) is 22.4 Å². The lowest BCUT2D eigenvalue weighted by Gasteiger charge is -2.20. The minimum Gasteiger partial charge on any atom is -0.455 e. The number of oxazole rings is 1. The van der Waals surface area contributed by atoms with E-state index in [0.717, 1.165) is 16.1 Å². The van der Waals surface area contributed by atoms with Crippen molar-refractivity contribution in [2.24, 2.45) is 0 Å². The number of pyridine rings is 1. The molecule has 0 saturated carbocycles. The molecule has 0 aliphatic heterocycles. The Kier molecular flexibility index (Phi) is 6.83. The molecule has 3 heterocycles. The molecule has 0 spiro atoms. The Balaban J connectivity index is 1.58. The predicted octanol–water partition coefficient (Wildman–Crippen LogP) is 6.31. The number of sulfonamides is 1. The van der Waals surface area contributed by atoms with E-state index in [0.29, 0.717) is 52.0 Å². The number of hydrogen-bond donors (Lipinski definition) is 1. The van der Waals surface area contributed by atoms with Gasteiger partial charge in [0.15, 0.2) is 5.69 Å². The van der Waals surface area contributed by atoms with Gasteiger partial charge in [0, 0.05) is 61.3 Å². The van der Waals surface area contributed by atoms with Crippen LogP contribution in [0.3, 0.4) is 0 Å². The van der Waals surface area contributed by atoms with Crippen molar-refractivity contribution in [3.63, 3.8) is 0 Å². The summed E-state index contributed by atoms with van der Waals surface area (Å²) in [7, 11) is -0.832. The van der Waals surface area contributed by atoms with Gasteiger partial charge in [0.2, 0.25) is 15.9 Å². The van der Waals surface area contributed by atoms with Gasteiger partial charge in [0.05, 0.1) is 23.2 Å². The number of aromatic nitrogens is 2. The molecule has 1 amide bonds. The SMILES string of the molecule is CNC(=O)c1c(-c2ccc(C)cc2)oc2cc(N(C)S(C)(=O)=O)c(-c3cc(-c4nc5c(o4)CCCC5(F)F)ccn3)cc12. The van der Waals surface area contributed by atoms with Gasteiger partial charge in [-0.05, 0) is 31.5 Å². The van der Waals surface area contributed by atoms with E-state index in [9.17, 15) is 22.0 Å². The number of anilines is 1. The maximum absolute atomic E-state index is 14.5. The summed E-state index contributed by atoms with van der Waals surface area (Å²) in [5.74, 6) is -2.97. The minimum absolute atomic E-state index is 0.0188. The first kappa shape index (κ1) is 28.5.